The smallest absolute Gasteiger partial charge is 0.234 e. The summed E-state index contributed by atoms with van der Waals surface area (Å²) in [5.74, 6) is 0.696. The van der Waals surface area contributed by atoms with Gasteiger partial charge in [0.15, 0.2) is 0 Å². The van der Waals surface area contributed by atoms with Crippen LogP contribution in [0.2, 0.25) is 0 Å². The fourth-order valence-electron chi connectivity index (χ4n) is 3.86. The van der Waals surface area contributed by atoms with Crippen molar-refractivity contribution in [3.63, 3.8) is 0 Å². The van der Waals surface area contributed by atoms with Crippen LogP contribution in [0.4, 0.5) is 0 Å². The van der Waals surface area contributed by atoms with E-state index in [1.165, 1.54) is 20.9 Å². The molecule has 0 aliphatic heterocycles. The topological polar surface area (TPSA) is 30.7 Å². The Labute approximate surface area is 165 Å². The number of nitrogens with zero attached hydrogens (tertiary/aromatic N) is 3. The summed E-state index contributed by atoms with van der Waals surface area (Å²) in [5, 5.41) is 5.88. The third-order valence-corrected chi connectivity index (χ3v) is 6.07. The number of thiophene rings is 1. The average Bonchev–Trinajstić information content (AvgIpc) is 3.35. The number of rotatable bonds is 2. The lowest BCUT2D eigenvalue weighted by molar-refractivity contribution is 0.991. The van der Waals surface area contributed by atoms with E-state index in [2.05, 4.69) is 64.5 Å². The minimum atomic E-state index is 0.696. The van der Waals surface area contributed by atoms with E-state index in [0.717, 1.165) is 22.2 Å². The van der Waals surface area contributed by atoms with Gasteiger partial charge in [-0.05, 0) is 40.6 Å². The van der Waals surface area contributed by atoms with E-state index < -0.39 is 0 Å². The maximum atomic E-state index is 4.72. The highest BCUT2D eigenvalue weighted by molar-refractivity contribution is 7.17. The molecule has 0 N–H and O–H groups in total. The Balaban J connectivity index is 1.62. The second-order valence-corrected chi connectivity index (χ2v) is 7.77. The highest BCUT2D eigenvalue weighted by Gasteiger charge is 2.15. The van der Waals surface area contributed by atoms with E-state index in [9.17, 15) is 0 Å². The van der Waals surface area contributed by atoms with E-state index in [1.54, 1.807) is 11.3 Å². The molecule has 0 spiro atoms. The molecule has 28 heavy (non-hydrogen) atoms. The van der Waals surface area contributed by atoms with Crippen LogP contribution in [0.25, 0.3) is 49.0 Å². The molecule has 4 heteroatoms. The summed E-state index contributed by atoms with van der Waals surface area (Å²) in [6.07, 6.45) is 3.81. The zero-order chi connectivity index (χ0) is 18.5. The molecular formula is C24H15N3S. The van der Waals surface area contributed by atoms with Gasteiger partial charge < -0.3 is 0 Å². The minimum absolute atomic E-state index is 0.696. The lowest BCUT2D eigenvalue weighted by Gasteiger charge is -2.07. The molecule has 0 atom stereocenters. The second kappa shape index (κ2) is 6.01. The van der Waals surface area contributed by atoms with Crippen molar-refractivity contribution in [1.29, 1.82) is 0 Å². The van der Waals surface area contributed by atoms with E-state index in [0.29, 0.717) is 5.95 Å². The van der Waals surface area contributed by atoms with Crippen LogP contribution in [-0.2, 0) is 0 Å². The van der Waals surface area contributed by atoms with Gasteiger partial charge in [0.05, 0.1) is 11.0 Å². The van der Waals surface area contributed by atoms with Crippen molar-refractivity contribution in [2.75, 3.05) is 0 Å². The SMILES string of the molecule is c1ccc(-c2cnc(-n3c4ccccc4c4cc5ccsc5cc43)nc2)cc1. The third kappa shape index (κ3) is 2.28. The summed E-state index contributed by atoms with van der Waals surface area (Å²) in [7, 11) is 0. The molecule has 3 aromatic carbocycles. The molecule has 0 fully saturated rings. The Morgan fingerprint density at radius 1 is 0.679 bits per heavy atom. The number of aromatic nitrogens is 3. The molecule has 132 valence electrons. The Bertz CT molecular complexity index is 1440. The first-order valence-corrected chi connectivity index (χ1v) is 10.0. The molecule has 0 aliphatic carbocycles. The van der Waals surface area contributed by atoms with Crippen LogP contribution < -0.4 is 0 Å². The summed E-state index contributed by atoms with van der Waals surface area (Å²) in [6, 6.07) is 25.4. The molecule has 0 bridgehead atoms. The van der Waals surface area contributed by atoms with Crippen LogP contribution >= 0.6 is 11.3 Å². The van der Waals surface area contributed by atoms with Gasteiger partial charge in [0.1, 0.15) is 0 Å². The quantitative estimate of drug-likeness (QED) is 0.347. The Morgan fingerprint density at radius 3 is 2.32 bits per heavy atom. The van der Waals surface area contributed by atoms with Gasteiger partial charge >= 0.3 is 0 Å². The Hall–Kier alpha value is -3.50. The molecule has 0 unspecified atom stereocenters. The van der Waals surface area contributed by atoms with Crippen LogP contribution in [-0.4, -0.2) is 14.5 Å². The highest BCUT2D eigenvalue weighted by atomic mass is 32.1. The van der Waals surface area contributed by atoms with Crippen LogP contribution in [0.5, 0.6) is 0 Å². The molecule has 3 heterocycles. The zero-order valence-electron chi connectivity index (χ0n) is 14.9. The summed E-state index contributed by atoms with van der Waals surface area (Å²) in [5.41, 5.74) is 4.41. The predicted octanol–water partition coefficient (Wildman–Crippen LogP) is 6.46. The van der Waals surface area contributed by atoms with Gasteiger partial charge in [-0.1, -0.05) is 48.5 Å². The molecule has 3 nitrogen and oxygen atoms in total. The number of para-hydroxylation sites is 1. The molecule has 6 rings (SSSR count). The maximum absolute atomic E-state index is 4.72. The summed E-state index contributed by atoms with van der Waals surface area (Å²) in [4.78, 5) is 9.44. The predicted molar refractivity (Wildman–Crippen MR) is 117 cm³/mol. The molecule has 0 aliphatic rings. The van der Waals surface area contributed by atoms with E-state index in [-0.39, 0.29) is 0 Å². The summed E-state index contributed by atoms with van der Waals surface area (Å²) < 4.78 is 3.44. The van der Waals surface area contributed by atoms with Crippen molar-refractivity contribution in [2.24, 2.45) is 0 Å². The summed E-state index contributed by atoms with van der Waals surface area (Å²) >= 11 is 1.76. The second-order valence-electron chi connectivity index (χ2n) is 6.82. The van der Waals surface area contributed by atoms with Gasteiger partial charge in [-0.25, -0.2) is 9.97 Å². The third-order valence-electron chi connectivity index (χ3n) is 5.19. The van der Waals surface area contributed by atoms with E-state index >= 15 is 0 Å². The van der Waals surface area contributed by atoms with Crippen molar-refractivity contribution in [2.45, 2.75) is 0 Å². The van der Waals surface area contributed by atoms with Crippen LogP contribution in [0.1, 0.15) is 0 Å². The fourth-order valence-corrected chi connectivity index (χ4v) is 4.66. The van der Waals surface area contributed by atoms with Crippen molar-refractivity contribution in [3.05, 3.63) is 90.6 Å². The van der Waals surface area contributed by atoms with Gasteiger partial charge in [-0.15, -0.1) is 11.3 Å². The standard InChI is InChI=1S/C24H15N3S/c1-2-6-16(7-3-1)18-14-25-24(26-15-18)27-21-9-5-4-8-19(21)20-12-17-10-11-28-23(17)13-22(20)27/h1-15H. The van der Waals surface area contributed by atoms with Crippen molar-refractivity contribution in [3.8, 4) is 17.1 Å². The van der Waals surface area contributed by atoms with E-state index in [1.807, 2.05) is 30.6 Å². The van der Waals surface area contributed by atoms with E-state index in [4.69, 9.17) is 9.97 Å². The van der Waals surface area contributed by atoms with Gasteiger partial charge in [0.2, 0.25) is 5.95 Å². The van der Waals surface area contributed by atoms with Crippen LogP contribution in [0.15, 0.2) is 90.6 Å². The molecule has 0 radical (unpaired) electrons. The lowest BCUT2D eigenvalue weighted by Crippen LogP contribution is -2.00. The highest BCUT2D eigenvalue weighted by Crippen LogP contribution is 2.35. The molecule has 0 saturated carbocycles. The van der Waals surface area contributed by atoms with Crippen molar-refractivity contribution in [1.82, 2.24) is 14.5 Å². The molecule has 0 amide bonds. The van der Waals surface area contributed by atoms with Gasteiger partial charge in [-0.2, -0.15) is 0 Å². The first-order valence-electron chi connectivity index (χ1n) is 9.17. The fraction of sp³-hybridized carbons (Fsp3) is 0. The van der Waals surface area contributed by atoms with Crippen LogP contribution in [0.3, 0.4) is 0 Å². The molecule has 0 saturated heterocycles. The number of hydrogen-bond acceptors (Lipinski definition) is 3. The Morgan fingerprint density at radius 2 is 1.46 bits per heavy atom. The molecule has 3 aromatic heterocycles. The average molecular weight is 377 g/mol. The van der Waals surface area contributed by atoms with Crippen LogP contribution in [0, 0.1) is 0 Å². The first-order chi connectivity index (χ1) is 13.9. The lowest BCUT2D eigenvalue weighted by atomic mass is 10.1. The van der Waals surface area contributed by atoms with Crippen molar-refractivity contribution >= 4 is 43.2 Å². The van der Waals surface area contributed by atoms with Gasteiger partial charge in [0, 0.05) is 33.4 Å². The normalized spacial score (nSPS) is 11.6. The zero-order valence-corrected chi connectivity index (χ0v) is 15.7. The minimum Gasteiger partial charge on any atom is -0.278 e. The largest absolute Gasteiger partial charge is 0.278 e. The number of benzene rings is 3. The van der Waals surface area contributed by atoms with Gasteiger partial charge in [0.25, 0.3) is 0 Å². The summed E-state index contributed by atoms with van der Waals surface area (Å²) in [6.45, 7) is 0. The monoisotopic (exact) mass is 377 g/mol. The molecular weight excluding hydrogens is 362 g/mol. The van der Waals surface area contributed by atoms with Gasteiger partial charge in [-0.3, -0.25) is 4.57 Å². The van der Waals surface area contributed by atoms with Crippen molar-refractivity contribution < 1.29 is 0 Å². The molecule has 6 aromatic rings. The first kappa shape index (κ1) is 15.5. The maximum Gasteiger partial charge on any atom is 0.234 e. The number of hydrogen-bond donors (Lipinski definition) is 0. The Kier molecular flexibility index (Phi) is 3.34. The number of fused-ring (bicyclic) bond motifs is 4.